The fraction of sp³-hybridized carbons (Fsp3) is 0.667. The van der Waals surface area contributed by atoms with Gasteiger partial charge in [-0.2, -0.15) is 17.5 Å². The molecule has 0 aromatic carbocycles. The highest BCUT2D eigenvalue weighted by Gasteiger charge is 2.37. The number of aromatic amines is 1. The van der Waals surface area contributed by atoms with Gasteiger partial charge in [-0.1, -0.05) is 13.8 Å². The highest BCUT2D eigenvalue weighted by atomic mass is 32.2. The van der Waals surface area contributed by atoms with Crippen molar-refractivity contribution in [3.8, 4) is 0 Å². The van der Waals surface area contributed by atoms with E-state index < -0.39 is 22.7 Å². The van der Waals surface area contributed by atoms with Crippen LogP contribution in [0, 0.1) is 5.92 Å². The zero-order valence-corrected chi connectivity index (χ0v) is 10.7. The summed E-state index contributed by atoms with van der Waals surface area (Å²) in [6.45, 7) is 1.57. The summed E-state index contributed by atoms with van der Waals surface area (Å²) in [7, 11) is -4.19. The van der Waals surface area contributed by atoms with E-state index in [4.69, 9.17) is 0 Å². The lowest BCUT2D eigenvalue weighted by atomic mass is 10.2. The molecule has 0 fully saturated rings. The van der Waals surface area contributed by atoms with Crippen molar-refractivity contribution in [1.82, 2.24) is 14.3 Å². The summed E-state index contributed by atoms with van der Waals surface area (Å²) in [4.78, 5) is 5.81. The first-order valence-corrected chi connectivity index (χ1v) is 6.62. The van der Waals surface area contributed by atoms with Gasteiger partial charge in [0.1, 0.15) is 6.54 Å². The van der Waals surface area contributed by atoms with Crippen molar-refractivity contribution in [3.63, 3.8) is 0 Å². The first kappa shape index (κ1) is 15.0. The zero-order valence-electron chi connectivity index (χ0n) is 9.90. The van der Waals surface area contributed by atoms with Crippen molar-refractivity contribution >= 4 is 10.0 Å². The molecule has 0 spiro atoms. The molecule has 0 bridgehead atoms. The summed E-state index contributed by atoms with van der Waals surface area (Å²) in [5.41, 5.74) is 0. The minimum Gasteiger partial charge on any atom is -0.335 e. The van der Waals surface area contributed by atoms with Crippen LogP contribution in [0.1, 0.15) is 13.8 Å². The minimum absolute atomic E-state index is 0.207. The largest absolute Gasteiger partial charge is 0.402 e. The van der Waals surface area contributed by atoms with Gasteiger partial charge >= 0.3 is 6.18 Å². The number of H-pyrrole nitrogens is 1. The van der Waals surface area contributed by atoms with Crippen LogP contribution in [0.15, 0.2) is 17.6 Å². The molecule has 0 unspecified atom stereocenters. The normalized spacial score (nSPS) is 13.5. The molecule has 0 saturated carbocycles. The smallest absolute Gasteiger partial charge is 0.335 e. The summed E-state index contributed by atoms with van der Waals surface area (Å²) in [6, 6.07) is 0. The maximum Gasteiger partial charge on any atom is 0.402 e. The molecule has 5 nitrogen and oxygen atoms in total. The monoisotopic (exact) mass is 285 g/mol. The van der Waals surface area contributed by atoms with Crippen LogP contribution in [-0.4, -0.2) is 42.0 Å². The summed E-state index contributed by atoms with van der Waals surface area (Å²) in [6.07, 6.45) is -2.49. The average molecular weight is 285 g/mol. The Morgan fingerprint density at radius 1 is 1.44 bits per heavy atom. The molecule has 104 valence electrons. The lowest BCUT2D eigenvalue weighted by molar-refractivity contribution is -0.136. The molecule has 0 aliphatic heterocycles. The van der Waals surface area contributed by atoms with Crippen molar-refractivity contribution in [2.75, 3.05) is 13.1 Å². The Kier molecular flexibility index (Phi) is 4.38. The average Bonchev–Trinajstić information content (AvgIpc) is 2.66. The van der Waals surface area contributed by atoms with Crippen molar-refractivity contribution in [1.29, 1.82) is 0 Å². The maximum atomic E-state index is 12.4. The summed E-state index contributed by atoms with van der Waals surface area (Å²) >= 11 is 0. The molecule has 0 amide bonds. The second-order valence-corrected chi connectivity index (χ2v) is 6.13. The Bertz CT molecular complexity index is 468. The Balaban J connectivity index is 3.03. The second kappa shape index (κ2) is 5.27. The van der Waals surface area contributed by atoms with E-state index >= 15 is 0 Å². The zero-order chi connectivity index (χ0) is 14.0. The van der Waals surface area contributed by atoms with Crippen molar-refractivity contribution in [2.45, 2.75) is 25.0 Å². The second-order valence-electron chi connectivity index (χ2n) is 4.22. The van der Waals surface area contributed by atoms with E-state index in [9.17, 15) is 21.6 Å². The first-order valence-electron chi connectivity index (χ1n) is 5.18. The number of hydrogen-bond donors (Lipinski definition) is 1. The Hall–Kier alpha value is -1.09. The number of aromatic nitrogens is 2. The Morgan fingerprint density at radius 3 is 2.44 bits per heavy atom. The molecular weight excluding hydrogens is 271 g/mol. The predicted molar refractivity (Wildman–Crippen MR) is 58.2 cm³/mol. The quantitative estimate of drug-likeness (QED) is 0.894. The number of imidazole rings is 1. The molecule has 0 saturated heterocycles. The molecule has 1 aromatic rings. The highest BCUT2D eigenvalue weighted by molar-refractivity contribution is 7.89. The van der Waals surface area contributed by atoms with Crippen LogP contribution in [0.4, 0.5) is 13.2 Å². The molecule has 1 rings (SSSR count). The van der Waals surface area contributed by atoms with Crippen LogP contribution < -0.4 is 0 Å². The predicted octanol–water partition coefficient (Wildman–Crippen LogP) is 1.62. The summed E-state index contributed by atoms with van der Waals surface area (Å²) in [5, 5.41) is -0.340. The van der Waals surface area contributed by atoms with E-state index in [1.54, 1.807) is 13.8 Å². The van der Waals surface area contributed by atoms with E-state index in [0.29, 0.717) is 4.31 Å². The van der Waals surface area contributed by atoms with E-state index in [2.05, 4.69) is 9.97 Å². The number of sulfonamides is 1. The van der Waals surface area contributed by atoms with Gasteiger partial charge in [0.05, 0.1) is 12.5 Å². The van der Waals surface area contributed by atoms with Gasteiger partial charge < -0.3 is 4.98 Å². The molecule has 1 N–H and O–H groups in total. The molecule has 1 aromatic heterocycles. The standard InChI is InChI=1S/C9H14F3N3O2S/c1-7(2)4-15(5-9(10,11)12)18(16,17)8-3-13-6-14-8/h3,6-7H,4-5H2,1-2H3,(H,13,14). The SMILES string of the molecule is CC(C)CN(CC(F)(F)F)S(=O)(=O)c1cnc[nH]1. The third-order valence-corrected chi connectivity index (χ3v) is 3.75. The molecule has 18 heavy (non-hydrogen) atoms. The van der Waals surface area contributed by atoms with Crippen LogP contribution in [0.25, 0.3) is 0 Å². The molecular formula is C9H14F3N3O2S. The van der Waals surface area contributed by atoms with E-state index in [1.165, 1.54) is 0 Å². The number of rotatable bonds is 5. The number of nitrogens with one attached hydrogen (secondary N) is 1. The summed E-state index contributed by atoms with van der Waals surface area (Å²) < 4.78 is 61.5. The van der Waals surface area contributed by atoms with Gasteiger partial charge in [0, 0.05) is 6.54 Å². The van der Waals surface area contributed by atoms with Gasteiger partial charge in [-0.25, -0.2) is 13.4 Å². The third kappa shape index (κ3) is 3.98. The summed E-state index contributed by atoms with van der Waals surface area (Å²) in [5.74, 6) is -0.218. The fourth-order valence-corrected chi connectivity index (χ4v) is 2.86. The molecule has 9 heteroatoms. The van der Waals surface area contributed by atoms with Gasteiger partial charge in [0.2, 0.25) is 0 Å². The number of hydrogen-bond acceptors (Lipinski definition) is 3. The number of halogens is 3. The van der Waals surface area contributed by atoms with Crippen molar-refractivity contribution in [3.05, 3.63) is 12.5 Å². The van der Waals surface area contributed by atoms with Crippen LogP contribution in [0.5, 0.6) is 0 Å². The minimum atomic E-state index is -4.58. The fourth-order valence-electron chi connectivity index (χ4n) is 1.38. The lowest BCUT2D eigenvalue weighted by Crippen LogP contribution is -2.41. The number of alkyl halides is 3. The molecule has 0 aliphatic carbocycles. The lowest BCUT2D eigenvalue weighted by Gasteiger charge is -2.24. The molecule has 0 radical (unpaired) electrons. The van der Waals surface area contributed by atoms with Gasteiger partial charge in [-0.05, 0) is 5.92 Å². The number of nitrogens with zero attached hydrogens (tertiary/aromatic N) is 2. The van der Waals surface area contributed by atoms with E-state index in [1.807, 2.05) is 0 Å². The third-order valence-electron chi connectivity index (χ3n) is 2.02. The Labute approximate surface area is 103 Å². The topological polar surface area (TPSA) is 66.1 Å². The Morgan fingerprint density at radius 2 is 2.06 bits per heavy atom. The van der Waals surface area contributed by atoms with E-state index in [0.717, 1.165) is 12.5 Å². The van der Waals surface area contributed by atoms with Crippen LogP contribution in [0.3, 0.4) is 0 Å². The van der Waals surface area contributed by atoms with Gasteiger partial charge in [0.25, 0.3) is 10.0 Å². The molecule has 0 atom stereocenters. The van der Waals surface area contributed by atoms with E-state index in [-0.39, 0.29) is 17.5 Å². The van der Waals surface area contributed by atoms with Gasteiger partial charge in [0.15, 0.2) is 5.03 Å². The van der Waals surface area contributed by atoms with Crippen LogP contribution in [-0.2, 0) is 10.0 Å². The molecule has 1 heterocycles. The van der Waals surface area contributed by atoms with Gasteiger partial charge in [-0.15, -0.1) is 0 Å². The van der Waals surface area contributed by atoms with Crippen LogP contribution >= 0.6 is 0 Å². The van der Waals surface area contributed by atoms with Gasteiger partial charge in [-0.3, -0.25) is 0 Å². The highest BCUT2D eigenvalue weighted by Crippen LogP contribution is 2.22. The van der Waals surface area contributed by atoms with Crippen molar-refractivity contribution in [2.24, 2.45) is 5.92 Å². The maximum absolute atomic E-state index is 12.4. The molecule has 0 aliphatic rings. The first-order chi connectivity index (χ1) is 8.13. The van der Waals surface area contributed by atoms with Crippen LogP contribution in [0.2, 0.25) is 0 Å². The van der Waals surface area contributed by atoms with Crippen molar-refractivity contribution < 1.29 is 21.6 Å².